The first-order chi connectivity index (χ1) is 13.5. The van der Waals surface area contributed by atoms with Crippen molar-refractivity contribution in [2.75, 3.05) is 61.8 Å². The monoisotopic (exact) mass is 500 g/mol. The summed E-state index contributed by atoms with van der Waals surface area (Å²) in [6, 6.07) is 0.742. The number of hydrogen-bond acceptors (Lipinski definition) is 10. The van der Waals surface area contributed by atoms with E-state index in [0.717, 1.165) is 0 Å². The summed E-state index contributed by atoms with van der Waals surface area (Å²) in [5.74, 6) is -1.01. The van der Waals surface area contributed by atoms with Crippen molar-refractivity contribution in [3.05, 3.63) is 0 Å². The van der Waals surface area contributed by atoms with Crippen molar-refractivity contribution >= 4 is 32.8 Å². The summed E-state index contributed by atoms with van der Waals surface area (Å²) in [4.78, 5) is 18.5. The third-order valence-corrected chi connectivity index (χ3v) is 13.7. The van der Waals surface area contributed by atoms with Gasteiger partial charge in [0.2, 0.25) is 0 Å². The zero-order valence-corrected chi connectivity index (χ0v) is 21.6. The lowest BCUT2D eigenvalue weighted by atomic mass is 10.5. The van der Waals surface area contributed by atoms with Crippen LogP contribution in [0.25, 0.3) is 0 Å². The molecule has 0 bridgehead atoms. The average Bonchev–Trinajstić information content (AvgIpc) is 2.68. The third-order valence-electron chi connectivity index (χ3n) is 4.05. The highest BCUT2D eigenvalue weighted by Gasteiger charge is 2.40. The van der Waals surface area contributed by atoms with Crippen molar-refractivity contribution in [1.29, 1.82) is 0 Å². The minimum Gasteiger partial charge on any atom is -0.377 e. The molecular formula is C13H34O12P2Si2. The molecule has 29 heavy (non-hydrogen) atoms. The highest BCUT2D eigenvalue weighted by atomic mass is 31.2. The quantitative estimate of drug-likeness (QED) is 0.161. The van der Waals surface area contributed by atoms with Crippen LogP contribution >= 0.6 is 15.2 Å². The molecule has 0 aromatic carbocycles. The molecule has 0 heterocycles. The topological polar surface area (TPSA) is 148 Å². The minimum absolute atomic E-state index is 0.0744. The number of rotatable bonds is 18. The fourth-order valence-corrected chi connectivity index (χ4v) is 9.17. The Morgan fingerprint density at radius 3 is 1.21 bits per heavy atom. The Kier molecular flexibility index (Phi) is 14.0. The van der Waals surface area contributed by atoms with Crippen LogP contribution < -0.4 is 0 Å². The molecule has 0 atom stereocenters. The predicted octanol–water partition coefficient (Wildman–Crippen LogP) is 1.88. The Balaban J connectivity index is 4.78. The van der Waals surface area contributed by atoms with Crippen molar-refractivity contribution in [2.24, 2.45) is 0 Å². The third kappa shape index (κ3) is 11.1. The van der Waals surface area contributed by atoms with Gasteiger partial charge in [-0.2, -0.15) is 0 Å². The summed E-state index contributed by atoms with van der Waals surface area (Å²) in [7, 11) is -5.53. The van der Waals surface area contributed by atoms with Crippen LogP contribution in [-0.4, -0.2) is 89.2 Å². The lowest BCUT2D eigenvalue weighted by Crippen LogP contribution is -2.42. The molecular weight excluding hydrogens is 466 g/mol. The van der Waals surface area contributed by atoms with E-state index in [2.05, 4.69) is 0 Å². The maximum absolute atomic E-state index is 12.8. The van der Waals surface area contributed by atoms with E-state index in [1.807, 2.05) is 0 Å². The average molecular weight is 501 g/mol. The van der Waals surface area contributed by atoms with Gasteiger partial charge in [0.05, 0.1) is 13.2 Å². The van der Waals surface area contributed by atoms with Crippen LogP contribution in [0.3, 0.4) is 0 Å². The Hall–Kier alpha value is 0.494. The summed E-state index contributed by atoms with van der Waals surface area (Å²) in [5.41, 5.74) is 0. The fourth-order valence-electron chi connectivity index (χ4n) is 2.44. The molecule has 0 aliphatic rings. The molecule has 0 fully saturated rings. The first-order valence-corrected chi connectivity index (χ1v) is 16.1. The normalized spacial score (nSPS) is 13.8. The molecule has 2 N–H and O–H groups in total. The molecule has 0 radical (unpaired) electrons. The lowest BCUT2D eigenvalue weighted by molar-refractivity contribution is 0.118. The van der Waals surface area contributed by atoms with E-state index >= 15 is 0 Å². The van der Waals surface area contributed by atoms with Crippen molar-refractivity contribution in [1.82, 2.24) is 0 Å². The highest BCUT2D eigenvalue weighted by Crippen LogP contribution is 2.59. The SMILES string of the molecule is CO[Si](CCCOP(=O)(CP(=O)(O)O)OCCC[Si](OC)(OC)OC)(OC)OC. The minimum atomic E-state index is -4.63. The molecule has 0 unspecified atom stereocenters. The van der Waals surface area contributed by atoms with Crippen molar-refractivity contribution in [3.8, 4) is 0 Å². The summed E-state index contributed by atoms with van der Waals surface area (Å²) >= 11 is 0. The second kappa shape index (κ2) is 13.8. The summed E-state index contributed by atoms with van der Waals surface area (Å²) in [5, 5.41) is 0. The summed E-state index contributed by atoms with van der Waals surface area (Å²) in [6.45, 7) is -0.149. The van der Waals surface area contributed by atoms with Gasteiger partial charge < -0.3 is 45.4 Å². The molecule has 0 amide bonds. The van der Waals surface area contributed by atoms with E-state index < -0.39 is 38.7 Å². The maximum Gasteiger partial charge on any atom is 0.500 e. The molecule has 0 aliphatic heterocycles. The van der Waals surface area contributed by atoms with E-state index in [9.17, 15) is 18.9 Å². The molecule has 16 heteroatoms. The van der Waals surface area contributed by atoms with Crippen LogP contribution in [0, 0.1) is 0 Å². The molecule has 0 saturated carbocycles. The Morgan fingerprint density at radius 2 is 0.966 bits per heavy atom. The molecule has 0 spiro atoms. The van der Waals surface area contributed by atoms with Crippen LogP contribution in [0.4, 0.5) is 0 Å². The van der Waals surface area contributed by atoms with Gasteiger partial charge >= 0.3 is 32.8 Å². The van der Waals surface area contributed by atoms with Gasteiger partial charge in [-0.1, -0.05) is 0 Å². The van der Waals surface area contributed by atoms with Crippen LogP contribution in [0.1, 0.15) is 12.8 Å². The molecule has 176 valence electrons. The zero-order valence-electron chi connectivity index (χ0n) is 17.8. The van der Waals surface area contributed by atoms with E-state index in [4.69, 9.17) is 35.6 Å². The van der Waals surface area contributed by atoms with Crippen LogP contribution in [0.5, 0.6) is 0 Å². The second-order valence-electron chi connectivity index (χ2n) is 5.88. The van der Waals surface area contributed by atoms with Crippen molar-refractivity contribution < 1.29 is 54.5 Å². The number of hydrogen-bond donors (Lipinski definition) is 2. The smallest absolute Gasteiger partial charge is 0.377 e. The Bertz CT molecular complexity index is 489. The van der Waals surface area contributed by atoms with E-state index in [-0.39, 0.29) is 13.2 Å². The standard InChI is InChI=1S/C13H34O12P2Si2/c1-18-28(19-2,20-3)11-7-9-24-27(17,13-26(14,15)16)25-10-8-12-29(21-4,22-5)23-6/h7-13H2,1-6H3,(H2,14,15,16). The van der Waals surface area contributed by atoms with E-state index in [1.54, 1.807) is 0 Å². The van der Waals surface area contributed by atoms with Gasteiger partial charge in [0.1, 0.15) is 0 Å². The van der Waals surface area contributed by atoms with Gasteiger partial charge in [0, 0.05) is 54.7 Å². The summed E-state index contributed by atoms with van der Waals surface area (Å²) < 4.78 is 66.3. The second-order valence-corrected chi connectivity index (χ2v) is 16.3. The van der Waals surface area contributed by atoms with Gasteiger partial charge in [0.15, 0.2) is 5.90 Å². The van der Waals surface area contributed by atoms with Gasteiger partial charge in [-0.25, -0.2) is 0 Å². The zero-order chi connectivity index (χ0) is 22.6. The summed E-state index contributed by atoms with van der Waals surface area (Å²) in [6.07, 6.45) is 0.673. The molecule has 0 aliphatic carbocycles. The largest absolute Gasteiger partial charge is 0.500 e. The Labute approximate surface area is 174 Å². The van der Waals surface area contributed by atoms with Crippen LogP contribution in [0.2, 0.25) is 12.1 Å². The molecule has 0 saturated heterocycles. The highest BCUT2D eigenvalue weighted by molar-refractivity contribution is 7.70. The van der Waals surface area contributed by atoms with Gasteiger partial charge in [0.25, 0.3) is 0 Å². The first-order valence-electron chi connectivity index (χ1n) is 8.72. The van der Waals surface area contributed by atoms with E-state index in [0.29, 0.717) is 24.9 Å². The van der Waals surface area contributed by atoms with Crippen molar-refractivity contribution in [3.63, 3.8) is 0 Å². The Morgan fingerprint density at radius 1 is 0.655 bits per heavy atom. The molecule has 0 aromatic rings. The predicted molar refractivity (Wildman–Crippen MR) is 109 cm³/mol. The lowest BCUT2D eigenvalue weighted by Gasteiger charge is -2.25. The van der Waals surface area contributed by atoms with Gasteiger partial charge in [-0.3, -0.25) is 9.13 Å². The maximum atomic E-state index is 12.8. The van der Waals surface area contributed by atoms with E-state index in [1.165, 1.54) is 42.7 Å². The van der Waals surface area contributed by atoms with Gasteiger partial charge in [-0.15, -0.1) is 0 Å². The molecule has 12 nitrogen and oxygen atoms in total. The van der Waals surface area contributed by atoms with Gasteiger partial charge in [-0.05, 0) is 12.8 Å². The molecule has 0 aromatic heterocycles. The first kappa shape index (κ1) is 29.5. The molecule has 0 rings (SSSR count). The van der Waals surface area contributed by atoms with Crippen LogP contribution in [-0.2, 0) is 44.7 Å². The fraction of sp³-hybridized carbons (Fsp3) is 1.00. The van der Waals surface area contributed by atoms with Crippen LogP contribution in [0.15, 0.2) is 0 Å². The van der Waals surface area contributed by atoms with Crippen molar-refractivity contribution in [2.45, 2.75) is 24.9 Å².